The largest absolute Gasteiger partial charge is 0.383 e. The molecule has 0 aromatic heterocycles. The molecule has 5 heteroatoms. The third-order valence-corrected chi connectivity index (χ3v) is 5.59. The van der Waals surface area contributed by atoms with Crippen molar-refractivity contribution in [2.45, 2.75) is 37.1 Å². The molecular weight excluding hydrogens is 262 g/mol. The van der Waals surface area contributed by atoms with Crippen LogP contribution in [0.3, 0.4) is 0 Å². The van der Waals surface area contributed by atoms with Crippen molar-refractivity contribution in [3.63, 3.8) is 0 Å². The molecule has 4 nitrogen and oxygen atoms in total. The van der Waals surface area contributed by atoms with Gasteiger partial charge in [-0.15, -0.1) is 0 Å². The van der Waals surface area contributed by atoms with Crippen LogP contribution < -0.4 is 0 Å². The fraction of sp³-hybridized carbons (Fsp3) is 0.571. The molecule has 0 radical (unpaired) electrons. The average Bonchev–Trinajstić information content (AvgIpc) is 2.88. The SMILES string of the molecule is CCc1ccc(S(=O)(=O)N2CCC[C@H]2COC)cc1. The lowest BCUT2D eigenvalue weighted by Crippen LogP contribution is -2.38. The summed E-state index contributed by atoms with van der Waals surface area (Å²) in [5.41, 5.74) is 1.15. The summed E-state index contributed by atoms with van der Waals surface area (Å²) in [6, 6.07) is 7.15. The van der Waals surface area contributed by atoms with E-state index in [0.717, 1.165) is 24.8 Å². The van der Waals surface area contributed by atoms with Crippen LogP contribution >= 0.6 is 0 Å². The first-order valence-corrected chi connectivity index (χ1v) is 8.13. The summed E-state index contributed by atoms with van der Waals surface area (Å²) < 4.78 is 31.9. The van der Waals surface area contributed by atoms with Gasteiger partial charge in [-0.05, 0) is 37.0 Å². The van der Waals surface area contributed by atoms with Crippen LogP contribution in [0.5, 0.6) is 0 Å². The van der Waals surface area contributed by atoms with Gasteiger partial charge in [0.2, 0.25) is 10.0 Å². The number of hydrogen-bond acceptors (Lipinski definition) is 3. The van der Waals surface area contributed by atoms with E-state index in [9.17, 15) is 8.42 Å². The molecule has 2 rings (SSSR count). The molecule has 1 fully saturated rings. The van der Waals surface area contributed by atoms with E-state index in [4.69, 9.17) is 4.74 Å². The van der Waals surface area contributed by atoms with Crippen molar-refractivity contribution in [2.75, 3.05) is 20.3 Å². The third-order valence-electron chi connectivity index (χ3n) is 3.62. The van der Waals surface area contributed by atoms with E-state index in [2.05, 4.69) is 6.92 Å². The summed E-state index contributed by atoms with van der Waals surface area (Å²) in [4.78, 5) is 0.382. The number of methoxy groups -OCH3 is 1. The molecule has 1 aromatic carbocycles. The zero-order valence-corrected chi connectivity index (χ0v) is 12.3. The van der Waals surface area contributed by atoms with Crippen LogP contribution in [0.2, 0.25) is 0 Å². The average molecular weight is 283 g/mol. The molecule has 106 valence electrons. The van der Waals surface area contributed by atoms with Crippen LogP contribution in [0.15, 0.2) is 29.2 Å². The Morgan fingerprint density at radius 1 is 1.32 bits per heavy atom. The van der Waals surface area contributed by atoms with Gasteiger partial charge in [-0.2, -0.15) is 4.31 Å². The quantitative estimate of drug-likeness (QED) is 0.831. The number of benzene rings is 1. The Morgan fingerprint density at radius 3 is 2.58 bits per heavy atom. The Morgan fingerprint density at radius 2 is 2.00 bits per heavy atom. The molecular formula is C14H21NO3S. The van der Waals surface area contributed by atoms with Crippen LogP contribution in [0.25, 0.3) is 0 Å². The van der Waals surface area contributed by atoms with Gasteiger partial charge < -0.3 is 4.74 Å². The Labute approximate surface area is 115 Å². The molecule has 1 aliphatic heterocycles. The molecule has 0 amide bonds. The first-order chi connectivity index (χ1) is 9.09. The highest BCUT2D eigenvalue weighted by molar-refractivity contribution is 7.89. The predicted molar refractivity (Wildman–Crippen MR) is 74.6 cm³/mol. The summed E-state index contributed by atoms with van der Waals surface area (Å²) in [7, 11) is -1.77. The van der Waals surface area contributed by atoms with Crippen molar-refractivity contribution in [1.82, 2.24) is 4.31 Å². The van der Waals surface area contributed by atoms with Crippen molar-refractivity contribution in [3.8, 4) is 0 Å². The summed E-state index contributed by atoms with van der Waals surface area (Å²) >= 11 is 0. The van der Waals surface area contributed by atoms with Gasteiger partial charge in [-0.25, -0.2) is 8.42 Å². The summed E-state index contributed by atoms with van der Waals surface area (Å²) in [6.45, 7) is 3.11. The number of aryl methyl sites for hydroxylation is 1. The molecule has 19 heavy (non-hydrogen) atoms. The Hall–Kier alpha value is -0.910. The second-order valence-electron chi connectivity index (χ2n) is 4.86. The van der Waals surface area contributed by atoms with E-state index in [1.165, 1.54) is 0 Å². The van der Waals surface area contributed by atoms with Crippen molar-refractivity contribution >= 4 is 10.0 Å². The van der Waals surface area contributed by atoms with Crippen molar-refractivity contribution < 1.29 is 13.2 Å². The Bertz CT molecular complexity index is 510. The van der Waals surface area contributed by atoms with Gasteiger partial charge in [-0.1, -0.05) is 19.1 Å². The summed E-state index contributed by atoms with van der Waals surface area (Å²) in [6.07, 6.45) is 2.69. The second-order valence-corrected chi connectivity index (χ2v) is 6.76. The van der Waals surface area contributed by atoms with E-state index < -0.39 is 10.0 Å². The van der Waals surface area contributed by atoms with Crippen LogP contribution in [-0.2, 0) is 21.2 Å². The standard InChI is InChI=1S/C14H21NO3S/c1-3-12-6-8-14(9-7-12)19(16,17)15-10-4-5-13(15)11-18-2/h6-9,13H,3-5,10-11H2,1-2H3/t13-/m0/s1. The van der Waals surface area contributed by atoms with Gasteiger partial charge in [0.1, 0.15) is 0 Å². The van der Waals surface area contributed by atoms with E-state index in [-0.39, 0.29) is 6.04 Å². The van der Waals surface area contributed by atoms with E-state index in [0.29, 0.717) is 18.0 Å². The molecule has 0 aliphatic carbocycles. The maximum atomic E-state index is 12.6. The first-order valence-electron chi connectivity index (χ1n) is 6.69. The van der Waals surface area contributed by atoms with E-state index in [1.807, 2.05) is 12.1 Å². The lowest BCUT2D eigenvalue weighted by Gasteiger charge is -2.23. The van der Waals surface area contributed by atoms with Crippen molar-refractivity contribution in [1.29, 1.82) is 0 Å². The maximum absolute atomic E-state index is 12.6. The zero-order valence-electron chi connectivity index (χ0n) is 11.5. The number of ether oxygens (including phenoxy) is 1. The minimum atomic E-state index is -3.38. The Kier molecular flexibility index (Phi) is 4.60. The fourth-order valence-electron chi connectivity index (χ4n) is 2.52. The number of sulfonamides is 1. The molecule has 0 unspecified atom stereocenters. The molecule has 0 saturated carbocycles. The van der Waals surface area contributed by atoms with Crippen LogP contribution in [0, 0.1) is 0 Å². The normalized spacial score (nSPS) is 20.8. The summed E-state index contributed by atoms with van der Waals surface area (Å²) in [5.74, 6) is 0. The second kappa shape index (κ2) is 6.03. The Balaban J connectivity index is 2.25. The molecule has 0 bridgehead atoms. The van der Waals surface area contributed by atoms with E-state index in [1.54, 1.807) is 23.5 Å². The van der Waals surface area contributed by atoms with Gasteiger partial charge in [0, 0.05) is 19.7 Å². The molecule has 1 heterocycles. The van der Waals surface area contributed by atoms with Gasteiger partial charge >= 0.3 is 0 Å². The van der Waals surface area contributed by atoms with E-state index >= 15 is 0 Å². The van der Waals surface area contributed by atoms with Crippen LogP contribution in [0.4, 0.5) is 0 Å². The minimum absolute atomic E-state index is 0.0270. The summed E-state index contributed by atoms with van der Waals surface area (Å²) in [5, 5.41) is 0. The third kappa shape index (κ3) is 2.99. The molecule has 1 aliphatic rings. The molecule has 1 atom stereocenters. The van der Waals surface area contributed by atoms with Crippen LogP contribution in [0.1, 0.15) is 25.3 Å². The van der Waals surface area contributed by atoms with Crippen molar-refractivity contribution in [3.05, 3.63) is 29.8 Å². The highest BCUT2D eigenvalue weighted by atomic mass is 32.2. The molecule has 0 N–H and O–H groups in total. The highest BCUT2D eigenvalue weighted by Crippen LogP contribution is 2.26. The zero-order chi connectivity index (χ0) is 13.9. The number of rotatable bonds is 5. The fourth-order valence-corrected chi connectivity index (χ4v) is 4.20. The highest BCUT2D eigenvalue weighted by Gasteiger charge is 2.35. The number of hydrogen-bond donors (Lipinski definition) is 0. The molecule has 1 aromatic rings. The number of nitrogens with zero attached hydrogens (tertiary/aromatic N) is 1. The maximum Gasteiger partial charge on any atom is 0.243 e. The van der Waals surface area contributed by atoms with Gasteiger partial charge in [-0.3, -0.25) is 0 Å². The predicted octanol–water partition coefficient (Wildman–Crippen LogP) is 2.05. The van der Waals surface area contributed by atoms with Gasteiger partial charge in [0.25, 0.3) is 0 Å². The smallest absolute Gasteiger partial charge is 0.243 e. The van der Waals surface area contributed by atoms with Gasteiger partial charge in [0.05, 0.1) is 11.5 Å². The monoisotopic (exact) mass is 283 g/mol. The van der Waals surface area contributed by atoms with Crippen molar-refractivity contribution in [2.24, 2.45) is 0 Å². The molecule has 0 spiro atoms. The lowest BCUT2D eigenvalue weighted by atomic mass is 10.2. The van der Waals surface area contributed by atoms with Gasteiger partial charge in [0.15, 0.2) is 0 Å². The lowest BCUT2D eigenvalue weighted by molar-refractivity contribution is 0.149. The molecule has 1 saturated heterocycles. The minimum Gasteiger partial charge on any atom is -0.383 e. The first kappa shape index (κ1) is 14.5. The topological polar surface area (TPSA) is 46.6 Å². The van der Waals surface area contributed by atoms with Crippen LogP contribution in [-0.4, -0.2) is 39.0 Å².